The van der Waals surface area contributed by atoms with E-state index in [1.54, 1.807) is 23.2 Å². The van der Waals surface area contributed by atoms with Crippen LogP contribution in [0.3, 0.4) is 0 Å². The first-order valence-corrected chi connectivity index (χ1v) is 12.1. The molecule has 2 aliphatic heterocycles. The molecule has 3 N–H and O–H groups in total. The Bertz CT molecular complexity index is 934. The second-order valence-electron chi connectivity index (χ2n) is 8.56. The minimum absolute atomic E-state index is 0.0612. The second-order valence-corrected chi connectivity index (χ2v) is 9.71. The summed E-state index contributed by atoms with van der Waals surface area (Å²) in [7, 11) is 0. The van der Waals surface area contributed by atoms with Crippen LogP contribution >= 0.6 is 11.8 Å². The molecule has 2 fully saturated rings. The van der Waals surface area contributed by atoms with Gasteiger partial charge in [0.25, 0.3) is 5.91 Å². The maximum atomic E-state index is 12.9. The summed E-state index contributed by atoms with van der Waals surface area (Å²) in [4.78, 5) is 26.8. The average molecular weight is 460 g/mol. The first-order chi connectivity index (χ1) is 15.5. The summed E-state index contributed by atoms with van der Waals surface area (Å²) in [6.07, 6.45) is 3.44. The zero-order chi connectivity index (χ0) is 22.6. The number of carbonyl (C=O) groups excluding carboxylic acids is 2. The van der Waals surface area contributed by atoms with Crippen molar-refractivity contribution in [3.63, 3.8) is 0 Å². The summed E-state index contributed by atoms with van der Waals surface area (Å²) < 4.78 is 1.53. The van der Waals surface area contributed by atoms with Gasteiger partial charge >= 0.3 is 0 Å². The smallest absolute Gasteiger partial charge is 0.253 e. The first kappa shape index (κ1) is 22.8. The molecule has 0 saturated carbocycles. The van der Waals surface area contributed by atoms with Crippen LogP contribution in [0.25, 0.3) is 0 Å². The highest BCUT2D eigenvalue weighted by Gasteiger charge is 2.35. The van der Waals surface area contributed by atoms with Crippen molar-refractivity contribution in [1.29, 1.82) is 0 Å². The molecular weight excluding hydrogens is 430 g/mol. The molecule has 4 rings (SSSR count). The molecule has 0 radical (unpaired) electrons. The largest absolute Gasteiger partial charge is 0.390 e. The van der Waals surface area contributed by atoms with E-state index in [0.29, 0.717) is 43.7 Å². The third-order valence-electron chi connectivity index (χ3n) is 6.15. The predicted octanol–water partition coefficient (Wildman–Crippen LogP) is 0.807. The van der Waals surface area contributed by atoms with Crippen LogP contribution in [0.5, 0.6) is 0 Å². The van der Waals surface area contributed by atoms with Crippen LogP contribution in [0.15, 0.2) is 30.5 Å². The molecule has 9 nitrogen and oxygen atoms in total. The standard InChI is InChI=1S/C22H29N5O4S/c28-13-19-12-27(25-24-19)15-22(31)6-8-26(9-7-22)21(30)17-3-1-16(2-4-17)11-23-20(29)18-5-10-32-14-18/h1-4,12,18,28,31H,5-11,13-15H2,(H,23,29). The molecule has 1 aromatic heterocycles. The number of amides is 2. The molecule has 1 aromatic carbocycles. The number of aliphatic hydroxyl groups is 2. The average Bonchev–Trinajstić information content (AvgIpc) is 3.50. The van der Waals surface area contributed by atoms with Crippen molar-refractivity contribution < 1.29 is 19.8 Å². The fraction of sp³-hybridized carbons (Fsp3) is 0.545. The molecule has 1 atom stereocenters. The monoisotopic (exact) mass is 459 g/mol. The van der Waals surface area contributed by atoms with Crippen LogP contribution in [0.1, 0.15) is 40.9 Å². The van der Waals surface area contributed by atoms with Crippen molar-refractivity contribution in [1.82, 2.24) is 25.2 Å². The van der Waals surface area contributed by atoms with Gasteiger partial charge in [-0.1, -0.05) is 17.3 Å². The van der Waals surface area contributed by atoms with Crippen LogP contribution in [0.4, 0.5) is 0 Å². The summed E-state index contributed by atoms with van der Waals surface area (Å²) in [5.74, 6) is 2.10. The fourth-order valence-corrected chi connectivity index (χ4v) is 5.32. The van der Waals surface area contributed by atoms with Gasteiger partial charge in [-0.15, -0.1) is 5.10 Å². The lowest BCUT2D eigenvalue weighted by Gasteiger charge is -2.38. The third-order valence-corrected chi connectivity index (χ3v) is 7.32. The molecule has 2 saturated heterocycles. The van der Waals surface area contributed by atoms with E-state index in [2.05, 4.69) is 15.6 Å². The lowest BCUT2D eigenvalue weighted by atomic mass is 9.91. The van der Waals surface area contributed by atoms with Gasteiger partial charge in [0.05, 0.1) is 24.9 Å². The van der Waals surface area contributed by atoms with Gasteiger partial charge in [0, 0.05) is 36.9 Å². The van der Waals surface area contributed by atoms with Crippen LogP contribution in [0, 0.1) is 5.92 Å². The number of aliphatic hydroxyl groups excluding tert-OH is 1. The number of rotatable bonds is 7. The summed E-state index contributed by atoms with van der Waals surface area (Å²) in [5.41, 5.74) is 1.06. The van der Waals surface area contributed by atoms with Crippen LogP contribution < -0.4 is 5.32 Å². The van der Waals surface area contributed by atoms with E-state index in [1.165, 1.54) is 4.68 Å². The van der Waals surface area contributed by atoms with Gasteiger partial charge < -0.3 is 20.4 Å². The Morgan fingerprint density at radius 2 is 1.97 bits per heavy atom. The molecule has 32 heavy (non-hydrogen) atoms. The SMILES string of the molecule is O=C(NCc1ccc(C(=O)N2CCC(O)(Cn3cc(CO)nn3)CC2)cc1)C1CCSC1. The maximum absolute atomic E-state index is 12.9. The Morgan fingerprint density at radius 3 is 2.59 bits per heavy atom. The van der Waals surface area contributed by atoms with Gasteiger partial charge in [-0.3, -0.25) is 9.59 Å². The number of aromatic nitrogens is 3. The number of nitrogens with one attached hydrogen (secondary N) is 1. The molecule has 10 heteroatoms. The highest BCUT2D eigenvalue weighted by molar-refractivity contribution is 7.99. The number of hydrogen-bond acceptors (Lipinski definition) is 7. The van der Waals surface area contributed by atoms with Crippen molar-refractivity contribution in [2.75, 3.05) is 24.6 Å². The number of carbonyl (C=O) groups is 2. The van der Waals surface area contributed by atoms with Crippen molar-refractivity contribution in [3.8, 4) is 0 Å². The van der Waals surface area contributed by atoms with E-state index < -0.39 is 5.60 Å². The van der Waals surface area contributed by atoms with Crippen LogP contribution in [-0.4, -0.2) is 72.1 Å². The summed E-state index contributed by atoms with van der Waals surface area (Å²) in [5, 5.41) is 30.7. The molecule has 0 bridgehead atoms. The highest BCUT2D eigenvalue weighted by Crippen LogP contribution is 2.25. The van der Waals surface area contributed by atoms with E-state index in [0.717, 1.165) is 23.5 Å². The molecule has 172 valence electrons. The number of hydrogen-bond donors (Lipinski definition) is 3. The number of thioether (sulfide) groups is 1. The molecule has 0 spiro atoms. The zero-order valence-electron chi connectivity index (χ0n) is 17.9. The maximum Gasteiger partial charge on any atom is 0.253 e. The van der Waals surface area contributed by atoms with Gasteiger partial charge in [-0.25, -0.2) is 4.68 Å². The fourth-order valence-electron chi connectivity index (χ4n) is 4.10. The van der Waals surface area contributed by atoms with Crippen LogP contribution in [-0.2, 0) is 24.5 Å². The quantitative estimate of drug-likeness (QED) is 0.560. The van der Waals surface area contributed by atoms with Crippen molar-refractivity contribution in [2.24, 2.45) is 5.92 Å². The second kappa shape index (κ2) is 10.0. The van der Waals surface area contributed by atoms with Gasteiger partial charge in [0.1, 0.15) is 5.69 Å². The van der Waals surface area contributed by atoms with E-state index in [4.69, 9.17) is 5.11 Å². The third kappa shape index (κ3) is 5.48. The Balaban J connectivity index is 1.26. The van der Waals surface area contributed by atoms with Gasteiger partial charge in [-0.2, -0.15) is 11.8 Å². The Labute approximate surface area is 191 Å². The Kier molecular flexibility index (Phi) is 7.12. The Morgan fingerprint density at radius 1 is 1.22 bits per heavy atom. The molecule has 2 amide bonds. The predicted molar refractivity (Wildman–Crippen MR) is 120 cm³/mol. The highest BCUT2D eigenvalue weighted by atomic mass is 32.2. The van der Waals surface area contributed by atoms with E-state index in [9.17, 15) is 14.7 Å². The van der Waals surface area contributed by atoms with E-state index in [1.807, 2.05) is 23.9 Å². The summed E-state index contributed by atoms with van der Waals surface area (Å²) >= 11 is 1.82. The van der Waals surface area contributed by atoms with Crippen LogP contribution in [0.2, 0.25) is 0 Å². The molecule has 2 aromatic rings. The molecule has 1 unspecified atom stereocenters. The molecular formula is C22H29N5O4S. The summed E-state index contributed by atoms with van der Waals surface area (Å²) in [6, 6.07) is 7.34. The minimum Gasteiger partial charge on any atom is -0.390 e. The van der Waals surface area contributed by atoms with Crippen molar-refractivity contribution in [3.05, 3.63) is 47.3 Å². The molecule has 3 heterocycles. The van der Waals surface area contributed by atoms with Gasteiger partial charge in [0.2, 0.25) is 5.91 Å². The van der Waals surface area contributed by atoms with Crippen molar-refractivity contribution in [2.45, 2.75) is 44.6 Å². The molecule has 0 aliphatic carbocycles. The lowest BCUT2D eigenvalue weighted by Crippen LogP contribution is -2.48. The lowest BCUT2D eigenvalue weighted by molar-refractivity contribution is -0.124. The number of piperidine rings is 1. The zero-order valence-corrected chi connectivity index (χ0v) is 18.8. The minimum atomic E-state index is -0.961. The summed E-state index contributed by atoms with van der Waals surface area (Å²) in [6.45, 7) is 1.46. The Hall–Kier alpha value is -2.43. The number of benzene rings is 1. The molecule has 2 aliphatic rings. The first-order valence-electron chi connectivity index (χ1n) is 10.9. The van der Waals surface area contributed by atoms with E-state index in [-0.39, 0.29) is 30.9 Å². The van der Waals surface area contributed by atoms with Crippen molar-refractivity contribution >= 4 is 23.6 Å². The van der Waals surface area contributed by atoms with Gasteiger partial charge in [0.15, 0.2) is 0 Å². The number of likely N-dealkylation sites (tertiary alicyclic amines) is 1. The number of nitrogens with zero attached hydrogens (tertiary/aromatic N) is 4. The van der Waals surface area contributed by atoms with E-state index >= 15 is 0 Å². The topological polar surface area (TPSA) is 121 Å². The van der Waals surface area contributed by atoms with Gasteiger partial charge in [-0.05, 0) is 42.7 Å². The normalized spacial score (nSPS) is 20.3.